The van der Waals surface area contributed by atoms with Gasteiger partial charge in [-0.1, -0.05) is 0 Å². The predicted molar refractivity (Wildman–Crippen MR) is 47.8 cm³/mol. The molecular formula is C9H7ClFN. The summed E-state index contributed by atoms with van der Waals surface area (Å²) >= 11 is 5.61. The van der Waals surface area contributed by atoms with Crippen LogP contribution in [-0.4, -0.2) is 4.98 Å². The van der Waals surface area contributed by atoms with Crippen LogP contribution in [0.2, 0.25) is 0 Å². The van der Waals surface area contributed by atoms with Crippen molar-refractivity contribution in [2.75, 3.05) is 0 Å². The third-order valence-electron chi connectivity index (χ3n) is 1.78. The first-order valence-electron chi connectivity index (χ1n) is 3.63. The van der Waals surface area contributed by atoms with Crippen molar-refractivity contribution in [1.82, 2.24) is 4.98 Å². The highest BCUT2D eigenvalue weighted by Crippen LogP contribution is 2.17. The second kappa shape index (κ2) is 2.79. The van der Waals surface area contributed by atoms with Crippen molar-refractivity contribution in [2.45, 2.75) is 5.88 Å². The minimum absolute atomic E-state index is 0.231. The number of nitrogens with one attached hydrogen (secondary N) is 1. The summed E-state index contributed by atoms with van der Waals surface area (Å²) in [4.78, 5) is 3.01. The van der Waals surface area contributed by atoms with Crippen LogP contribution in [0.1, 0.15) is 5.69 Å². The topological polar surface area (TPSA) is 15.8 Å². The Labute approximate surface area is 74.2 Å². The second-order valence-electron chi connectivity index (χ2n) is 2.66. The molecule has 2 aromatic rings. The molecule has 0 unspecified atom stereocenters. The summed E-state index contributed by atoms with van der Waals surface area (Å²) in [5, 5.41) is 0.993. The molecule has 3 heteroatoms. The molecule has 1 aromatic heterocycles. The summed E-state index contributed by atoms with van der Waals surface area (Å²) in [7, 11) is 0. The molecule has 0 bridgehead atoms. The van der Waals surface area contributed by atoms with Crippen LogP contribution in [-0.2, 0) is 5.88 Å². The highest BCUT2D eigenvalue weighted by molar-refractivity contribution is 6.17. The number of hydrogen-bond acceptors (Lipinski definition) is 0. The molecule has 1 nitrogen and oxygen atoms in total. The molecule has 0 saturated carbocycles. The SMILES string of the molecule is Fc1ccc2cc(CCl)[nH]c2c1. The molecule has 0 amide bonds. The zero-order valence-electron chi connectivity index (χ0n) is 6.27. The molecule has 62 valence electrons. The summed E-state index contributed by atoms with van der Waals surface area (Å²) in [6, 6.07) is 6.55. The molecule has 0 aliphatic heterocycles. The van der Waals surface area contributed by atoms with Crippen LogP contribution >= 0.6 is 11.6 Å². The van der Waals surface area contributed by atoms with E-state index in [1.807, 2.05) is 6.07 Å². The van der Waals surface area contributed by atoms with Gasteiger partial charge in [-0.2, -0.15) is 0 Å². The number of H-pyrrole nitrogens is 1. The number of rotatable bonds is 1. The fourth-order valence-corrected chi connectivity index (χ4v) is 1.38. The van der Waals surface area contributed by atoms with Gasteiger partial charge < -0.3 is 4.98 Å². The number of aromatic amines is 1. The lowest BCUT2D eigenvalue weighted by Crippen LogP contribution is -1.74. The van der Waals surface area contributed by atoms with Crippen LogP contribution in [0, 0.1) is 5.82 Å². The molecule has 0 aliphatic carbocycles. The van der Waals surface area contributed by atoms with E-state index in [1.165, 1.54) is 12.1 Å². The van der Waals surface area contributed by atoms with Crippen LogP contribution in [0.25, 0.3) is 10.9 Å². The van der Waals surface area contributed by atoms with Crippen LogP contribution in [0.5, 0.6) is 0 Å². The van der Waals surface area contributed by atoms with Gasteiger partial charge in [-0.25, -0.2) is 4.39 Å². The van der Waals surface area contributed by atoms with Crippen molar-refractivity contribution in [3.05, 3.63) is 35.8 Å². The van der Waals surface area contributed by atoms with Gasteiger partial charge in [0.25, 0.3) is 0 Å². The van der Waals surface area contributed by atoms with Crippen LogP contribution in [0.3, 0.4) is 0 Å². The molecule has 12 heavy (non-hydrogen) atoms. The quantitative estimate of drug-likeness (QED) is 0.655. The lowest BCUT2D eigenvalue weighted by Gasteiger charge is -1.88. The third-order valence-corrected chi connectivity index (χ3v) is 2.07. The smallest absolute Gasteiger partial charge is 0.125 e. The maximum Gasteiger partial charge on any atom is 0.125 e. The lowest BCUT2D eigenvalue weighted by atomic mass is 10.2. The van der Waals surface area contributed by atoms with Gasteiger partial charge in [0.1, 0.15) is 5.82 Å². The average Bonchev–Trinajstić information content (AvgIpc) is 2.46. The van der Waals surface area contributed by atoms with Gasteiger partial charge in [0.2, 0.25) is 0 Å². The van der Waals surface area contributed by atoms with E-state index in [4.69, 9.17) is 11.6 Å². The van der Waals surface area contributed by atoms with Crippen molar-refractivity contribution in [3.63, 3.8) is 0 Å². The van der Waals surface area contributed by atoms with Gasteiger partial charge in [-0.15, -0.1) is 11.6 Å². The van der Waals surface area contributed by atoms with Crippen LogP contribution in [0.15, 0.2) is 24.3 Å². The van der Waals surface area contributed by atoms with Gasteiger partial charge in [0, 0.05) is 11.2 Å². The predicted octanol–water partition coefficient (Wildman–Crippen LogP) is 3.05. The van der Waals surface area contributed by atoms with Crippen molar-refractivity contribution in [2.24, 2.45) is 0 Å². The maximum absolute atomic E-state index is 12.7. The van der Waals surface area contributed by atoms with Gasteiger partial charge >= 0.3 is 0 Å². The number of alkyl halides is 1. The first-order chi connectivity index (χ1) is 5.79. The number of fused-ring (bicyclic) bond motifs is 1. The molecular weight excluding hydrogens is 177 g/mol. The molecule has 2 rings (SSSR count). The zero-order valence-corrected chi connectivity index (χ0v) is 7.03. The number of halogens is 2. The Morgan fingerprint density at radius 3 is 2.92 bits per heavy atom. The van der Waals surface area contributed by atoms with Gasteiger partial charge in [-0.3, -0.25) is 0 Å². The average molecular weight is 184 g/mol. The van der Waals surface area contributed by atoms with E-state index in [2.05, 4.69) is 4.98 Å². The van der Waals surface area contributed by atoms with E-state index in [1.54, 1.807) is 6.07 Å². The molecule has 0 spiro atoms. The van der Waals surface area contributed by atoms with Crippen LogP contribution < -0.4 is 0 Å². The highest BCUT2D eigenvalue weighted by Gasteiger charge is 1.99. The van der Waals surface area contributed by atoms with E-state index in [9.17, 15) is 4.39 Å². The van der Waals surface area contributed by atoms with Gasteiger partial charge in [0.05, 0.1) is 5.88 Å². The Bertz CT molecular complexity index is 408. The molecule has 1 N–H and O–H groups in total. The fraction of sp³-hybridized carbons (Fsp3) is 0.111. The second-order valence-corrected chi connectivity index (χ2v) is 2.93. The molecule has 0 fully saturated rings. The monoisotopic (exact) mass is 183 g/mol. The summed E-state index contributed by atoms with van der Waals surface area (Å²) in [6.07, 6.45) is 0. The summed E-state index contributed by atoms with van der Waals surface area (Å²) < 4.78 is 12.7. The van der Waals surface area contributed by atoms with E-state index < -0.39 is 0 Å². The summed E-state index contributed by atoms with van der Waals surface area (Å²) in [5.74, 6) is 0.196. The normalized spacial score (nSPS) is 10.8. The Morgan fingerprint density at radius 2 is 2.17 bits per heavy atom. The summed E-state index contributed by atoms with van der Waals surface area (Å²) in [6.45, 7) is 0. The molecule has 0 saturated heterocycles. The molecule has 0 radical (unpaired) electrons. The largest absolute Gasteiger partial charge is 0.357 e. The molecule has 1 aromatic carbocycles. The first kappa shape index (κ1) is 7.62. The Hall–Kier alpha value is -1.02. The van der Waals surface area contributed by atoms with E-state index in [-0.39, 0.29) is 5.82 Å². The Morgan fingerprint density at radius 1 is 1.33 bits per heavy atom. The van der Waals surface area contributed by atoms with Crippen molar-refractivity contribution >= 4 is 22.5 Å². The summed E-state index contributed by atoms with van der Waals surface area (Å²) in [5.41, 5.74) is 1.71. The van der Waals surface area contributed by atoms with Crippen LogP contribution in [0.4, 0.5) is 4.39 Å². The first-order valence-corrected chi connectivity index (χ1v) is 4.16. The zero-order chi connectivity index (χ0) is 8.55. The third kappa shape index (κ3) is 1.18. The molecule has 0 atom stereocenters. The fourth-order valence-electron chi connectivity index (χ4n) is 1.23. The minimum atomic E-state index is -0.231. The Kier molecular flexibility index (Phi) is 1.77. The van der Waals surface area contributed by atoms with Crippen molar-refractivity contribution in [3.8, 4) is 0 Å². The van der Waals surface area contributed by atoms with E-state index in [0.717, 1.165) is 16.6 Å². The van der Waals surface area contributed by atoms with Gasteiger partial charge in [-0.05, 0) is 29.7 Å². The van der Waals surface area contributed by atoms with E-state index in [0.29, 0.717) is 5.88 Å². The molecule has 0 aliphatic rings. The highest BCUT2D eigenvalue weighted by atomic mass is 35.5. The minimum Gasteiger partial charge on any atom is -0.357 e. The number of aromatic nitrogens is 1. The lowest BCUT2D eigenvalue weighted by molar-refractivity contribution is 0.629. The standard InChI is InChI=1S/C9H7ClFN/c10-5-8-3-6-1-2-7(11)4-9(6)12-8/h1-4,12H,5H2. The van der Waals surface area contributed by atoms with Gasteiger partial charge in [0.15, 0.2) is 0 Å². The number of hydrogen-bond donors (Lipinski definition) is 1. The number of benzene rings is 1. The van der Waals surface area contributed by atoms with E-state index >= 15 is 0 Å². The maximum atomic E-state index is 12.7. The Balaban J connectivity index is 2.67. The van der Waals surface area contributed by atoms with Crippen molar-refractivity contribution in [1.29, 1.82) is 0 Å². The molecule has 1 heterocycles. The van der Waals surface area contributed by atoms with Crippen molar-refractivity contribution < 1.29 is 4.39 Å².